The molecular weight excluding hydrogens is 541 g/mol. The van der Waals surface area contributed by atoms with E-state index in [0.717, 1.165) is 10.7 Å². The molecule has 12 heteroatoms. The van der Waals surface area contributed by atoms with Gasteiger partial charge in [-0.25, -0.2) is 4.98 Å². The minimum Gasteiger partial charge on any atom is -0.364 e. The normalized spacial score (nSPS) is 11.3. The van der Waals surface area contributed by atoms with Crippen LogP contribution in [0.1, 0.15) is 43.4 Å². The number of nitrogens with one attached hydrogen (secondary N) is 1. The summed E-state index contributed by atoms with van der Waals surface area (Å²) in [4.78, 5) is 29.1. The van der Waals surface area contributed by atoms with Gasteiger partial charge in [-0.1, -0.05) is 28.1 Å². The van der Waals surface area contributed by atoms with E-state index in [1.807, 2.05) is 6.07 Å². The Kier molecular flexibility index (Phi) is 6.51. The zero-order valence-corrected chi connectivity index (χ0v) is 20.1. The van der Waals surface area contributed by atoms with Crippen LogP contribution in [0.15, 0.2) is 53.0 Å². The summed E-state index contributed by atoms with van der Waals surface area (Å²) in [5.74, 6) is -1.79. The Morgan fingerprint density at radius 1 is 1.17 bits per heavy atom. The van der Waals surface area contributed by atoms with Gasteiger partial charge in [0.15, 0.2) is 5.69 Å². The molecule has 4 aromatic rings. The van der Waals surface area contributed by atoms with Gasteiger partial charge >= 0.3 is 6.18 Å². The molecule has 0 spiro atoms. The van der Waals surface area contributed by atoms with Crippen molar-refractivity contribution >= 4 is 44.3 Å². The number of rotatable bonds is 5. The topological polar surface area (TPSA) is 127 Å². The van der Waals surface area contributed by atoms with Gasteiger partial charge in [-0.05, 0) is 48.9 Å². The van der Waals surface area contributed by atoms with Crippen molar-refractivity contribution in [3.05, 3.63) is 86.8 Å². The number of anilines is 1. The number of nitriles is 1. The molecule has 2 heterocycles. The second-order valence-electron chi connectivity index (χ2n) is 7.81. The van der Waals surface area contributed by atoms with Crippen LogP contribution in [0, 0.1) is 18.3 Å². The van der Waals surface area contributed by atoms with Gasteiger partial charge in [-0.15, -0.1) is 0 Å². The first-order valence-corrected chi connectivity index (χ1v) is 11.1. The highest BCUT2D eigenvalue weighted by Gasteiger charge is 2.39. The van der Waals surface area contributed by atoms with Gasteiger partial charge in [0.2, 0.25) is 0 Å². The van der Waals surface area contributed by atoms with Crippen molar-refractivity contribution in [2.24, 2.45) is 5.73 Å². The molecule has 2 aromatic carbocycles. The summed E-state index contributed by atoms with van der Waals surface area (Å²) in [6.45, 7) is 1.38. The van der Waals surface area contributed by atoms with Crippen molar-refractivity contribution in [1.29, 1.82) is 5.26 Å². The molecule has 0 bridgehead atoms. The van der Waals surface area contributed by atoms with E-state index in [0.29, 0.717) is 21.0 Å². The molecule has 0 aliphatic carbocycles. The molecule has 2 amide bonds. The largest absolute Gasteiger partial charge is 0.437 e. The van der Waals surface area contributed by atoms with E-state index in [-0.39, 0.29) is 29.0 Å². The Hall–Kier alpha value is -4.24. The Labute approximate surface area is 210 Å². The van der Waals surface area contributed by atoms with Gasteiger partial charge in [0.05, 0.1) is 40.6 Å². The SMILES string of the molecule is Cc1c(NC(=O)c2cc(C(N)=O)nc3ccc(Br)cc23)c(C(F)(F)F)nn1Cc1ccc(C#N)cc1. The molecule has 0 radical (unpaired) electrons. The average Bonchev–Trinajstić information content (AvgIpc) is 3.14. The molecule has 0 aliphatic rings. The molecular formula is C24H16BrF3N6O2. The predicted molar refractivity (Wildman–Crippen MR) is 128 cm³/mol. The highest BCUT2D eigenvalue weighted by molar-refractivity contribution is 9.10. The van der Waals surface area contributed by atoms with Gasteiger partial charge in [0, 0.05) is 9.86 Å². The zero-order valence-electron chi connectivity index (χ0n) is 18.5. The Balaban J connectivity index is 1.77. The maximum Gasteiger partial charge on any atom is 0.437 e. The number of pyridine rings is 1. The predicted octanol–water partition coefficient (Wildman–Crippen LogP) is 4.79. The maximum absolute atomic E-state index is 13.9. The van der Waals surface area contributed by atoms with E-state index in [4.69, 9.17) is 11.0 Å². The van der Waals surface area contributed by atoms with Gasteiger partial charge in [0.1, 0.15) is 5.69 Å². The summed E-state index contributed by atoms with van der Waals surface area (Å²) in [5.41, 5.74) is 4.62. The number of nitrogens with two attached hydrogens (primary N) is 1. The molecule has 0 unspecified atom stereocenters. The van der Waals surface area contributed by atoms with Crippen LogP contribution in [-0.4, -0.2) is 26.6 Å². The number of fused-ring (bicyclic) bond motifs is 1. The number of alkyl halides is 3. The molecule has 182 valence electrons. The molecule has 36 heavy (non-hydrogen) atoms. The molecule has 3 N–H and O–H groups in total. The minimum atomic E-state index is -4.86. The third-order valence-electron chi connectivity index (χ3n) is 5.40. The summed E-state index contributed by atoms with van der Waals surface area (Å²) in [6.07, 6.45) is -4.86. The number of hydrogen-bond acceptors (Lipinski definition) is 5. The Morgan fingerprint density at radius 2 is 1.86 bits per heavy atom. The number of carbonyl (C=O) groups excluding carboxylic acids is 2. The zero-order chi connectivity index (χ0) is 26.2. The number of carbonyl (C=O) groups is 2. The van der Waals surface area contributed by atoms with Gasteiger partial charge in [-0.2, -0.15) is 23.5 Å². The summed E-state index contributed by atoms with van der Waals surface area (Å²) >= 11 is 3.29. The second kappa shape index (κ2) is 9.43. The van der Waals surface area contributed by atoms with Crippen molar-refractivity contribution in [3.63, 3.8) is 0 Å². The Bertz CT molecular complexity index is 1560. The summed E-state index contributed by atoms with van der Waals surface area (Å²) < 4.78 is 43.3. The Morgan fingerprint density at radius 3 is 2.47 bits per heavy atom. The van der Waals surface area contributed by atoms with Crippen LogP contribution in [0.2, 0.25) is 0 Å². The van der Waals surface area contributed by atoms with Crippen LogP contribution in [0.25, 0.3) is 10.9 Å². The third-order valence-corrected chi connectivity index (χ3v) is 5.89. The summed E-state index contributed by atoms with van der Waals surface area (Å²) in [7, 11) is 0. The van der Waals surface area contributed by atoms with Crippen LogP contribution in [0.5, 0.6) is 0 Å². The monoisotopic (exact) mass is 556 g/mol. The fraction of sp³-hybridized carbons (Fsp3) is 0.125. The number of benzene rings is 2. The molecule has 8 nitrogen and oxygen atoms in total. The van der Waals surface area contributed by atoms with Crippen molar-refractivity contribution in [2.75, 3.05) is 5.32 Å². The minimum absolute atomic E-state index is 0.0204. The average molecular weight is 557 g/mol. The first-order valence-electron chi connectivity index (χ1n) is 10.3. The van der Waals surface area contributed by atoms with Gasteiger partial charge in [0.25, 0.3) is 11.8 Å². The van der Waals surface area contributed by atoms with Crippen molar-refractivity contribution < 1.29 is 22.8 Å². The fourth-order valence-corrected chi connectivity index (χ4v) is 3.96. The quantitative estimate of drug-likeness (QED) is 0.365. The molecule has 2 aromatic heterocycles. The number of halogens is 4. The van der Waals surface area contributed by atoms with Crippen molar-refractivity contribution in [3.8, 4) is 6.07 Å². The van der Waals surface area contributed by atoms with Gasteiger partial charge in [-0.3, -0.25) is 14.3 Å². The lowest BCUT2D eigenvalue weighted by Gasteiger charge is -2.12. The molecule has 0 aliphatic heterocycles. The number of primary amides is 1. The van der Waals surface area contributed by atoms with Crippen LogP contribution in [0.3, 0.4) is 0 Å². The van der Waals surface area contributed by atoms with Crippen LogP contribution >= 0.6 is 15.9 Å². The van der Waals surface area contributed by atoms with E-state index >= 15 is 0 Å². The fourth-order valence-electron chi connectivity index (χ4n) is 3.60. The lowest BCUT2D eigenvalue weighted by Crippen LogP contribution is -2.19. The first-order chi connectivity index (χ1) is 17.0. The second-order valence-corrected chi connectivity index (χ2v) is 8.72. The smallest absolute Gasteiger partial charge is 0.364 e. The number of nitrogens with zero attached hydrogens (tertiary/aromatic N) is 4. The molecule has 0 fully saturated rings. The number of amides is 2. The maximum atomic E-state index is 13.9. The van der Waals surface area contributed by atoms with E-state index in [9.17, 15) is 22.8 Å². The molecule has 0 saturated carbocycles. The molecule has 4 rings (SSSR count). The van der Waals surface area contributed by atoms with Crippen molar-refractivity contribution in [1.82, 2.24) is 14.8 Å². The summed E-state index contributed by atoms with van der Waals surface area (Å²) in [6, 6.07) is 14.2. The van der Waals surface area contributed by atoms with E-state index in [2.05, 4.69) is 31.3 Å². The van der Waals surface area contributed by atoms with Crippen molar-refractivity contribution in [2.45, 2.75) is 19.6 Å². The van der Waals surface area contributed by atoms with Crippen LogP contribution in [0.4, 0.5) is 18.9 Å². The van der Waals surface area contributed by atoms with E-state index in [1.54, 1.807) is 42.5 Å². The highest BCUT2D eigenvalue weighted by Crippen LogP contribution is 2.36. The summed E-state index contributed by atoms with van der Waals surface area (Å²) in [5, 5.41) is 15.3. The highest BCUT2D eigenvalue weighted by atomic mass is 79.9. The molecule has 0 atom stereocenters. The van der Waals surface area contributed by atoms with E-state index in [1.165, 1.54) is 6.92 Å². The lowest BCUT2D eigenvalue weighted by molar-refractivity contribution is -0.140. The standard InChI is InChI=1S/C24H16BrF3N6O2/c1-12-20(21(24(26,27)28)33-34(12)11-14-4-2-13(10-29)3-5-14)32-23(36)17-9-19(22(30)35)31-18-7-6-15(25)8-16(17)18/h2-9H,11H2,1H3,(H2,30,35)(H,32,36). The lowest BCUT2D eigenvalue weighted by atomic mass is 10.1. The molecule has 0 saturated heterocycles. The first kappa shape index (κ1) is 24.9. The van der Waals surface area contributed by atoms with Crippen LogP contribution in [-0.2, 0) is 12.7 Å². The van der Waals surface area contributed by atoms with Gasteiger partial charge < -0.3 is 11.1 Å². The van der Waals surface area contributed by atoms with E-state index < -0.39 is 29.4 Å². The third kappa shape index (κ3) is 4.92. The number of aromatic nitrogens is 3. The van der Waals surface area contributed by atoms with Crippen LogP contribution < -0.4 is 11.1 Å². The number of hydrogen-bond donors (Lipinski definition) is 2.